The maximum absolute atomic E-state index is 11.3. The van der Waals surface area contributed by atoms with Crippen LogP contribution in [0.5, 0.6) is 0 Å². The van der Waals surface area contributed by atoms with E-state index in [2.05, 4.69) is 0 Å². The fourth-order valence-electron chi connectivity index (χ4n) is 1.14. The molecule has 0 saturated heterocycles. The monoisotopic (exact) mass is 211 g/mol. The number of aryl methyl sites for hydroxylation is 1. The third-order valence-corrected chi connectivity index (χ3v) is 1.83. The summed E-state index contributed by atoms with van der Waals surface area (Å²) in [5.41, 5.74) is 4.44. The maximum Gasteiger partial charge on any atom is 0.288 e. The first-order valence-corrected chi connectivity index (χ1v) is 4.05. The fraction of sp³-hybridized carbons (Fsp3) is 0.250. The average molecular weight is 211 g/mol. The molecule has 1 aromatic heterocycles. The SMILES string of the molecule is Cc1cc(=O)n(CC(N)=O)cc1[N+](=O)[O-]. The summed E-state index contributed by atoms with van der Waals surface area (Å²) in [6, 6.07) is 1.10. The topological polar surface area (TPSA) is 108 Å². The van der Waals surface area contributed by atoms with Gasteiger partial charge in [-0.25, -0.2) is 0 Å². The Kier molecular flexibility index (Phi) is 2.84. The molecular weight excluding hydrogens is 202 g/mol. The van der Waals surface area contributed by atoms with Gasteiger partial charge in [-0.05, 0) is 6.92 Å². The summed E-state index contributed by atoms with van der Waals surface area (Å²) < 4.78 is 0.910. The van der Waals surface area contributed by atoms with Crippen molar-refractivity contribution in [2.24, 2.45) is 5.73 Å². The van der Waals surface area contributed by atoms with Crippen molar-refractivity contribution in [2.45, 2.75) is 13.5 Å². The van der Waals surface area contributed by atoms with Crippen molar-refractivity contribution in [1.82, 2.24) is 4.57 Å². The lowest BCUT2D eigenvalue weighted by atomic mass is 10.2. The van der Waals surface area contributed by atoms with E-state index < -0.39 is 16.4 Å². The van der Waals surface area contributed by atoms with Crippen LogP contribution >= 0.6 is 0 Å². The molecule has 0 aliphatic rings. The lowest BCUT2D eigenvalue weighted by molar-refractivity contribution is -0.385. The zero-order valence-corrected chi connectivity index (χ0v) is 7.97. The molecule has 0 bridgehead atoms. The summed E-state index contributed by atoms with van der Waals surface area (Å²) in [6.07, 6.45) is 1.02. The number of nitrogens with two attached hydrogens (primary N) is 1. The largest absolute Gasteiger partial charge is 0.368 e. The molecule has 1 rings (SSSR count). The molecule has 0 fully saturated rings. The highest BCUT2D eigenvalue weighted by Crippen LogP contribution is 2.13. The summed E-state index contributed by atoms with van der Waals surface area (Å²) in [5.74, 6) is -0.727. The van der Waals surface area contributed by atoms with Gasteiger partial charge in [0.05, 0.1) is 11.1 Å². The zero-order valence-electron chi connectivity index (χ0n) is 7.97. The molecule has 1 heterocycles. The minimum absolute atomic E-state index is 0.212. The molecule has 0 atom stereocenters. The van der Waals surface area contributed by atoms with Crippen LogP contribution in [0.1, 0.15) is 5.56 Å². The Morgan fingerprint density at radius 2 is 2.27 bits per heavy atom. The predicted octanol–water partition coefficient (Wildman–Crippen LogP) is -0.450. The van der Waals surface area contributed by atoms with Crippen LogP contribution in [0.2, 0.25) is 0 Å². The lowest BCUT2D eigenvalue weighted by Gasteiger charge is -2.03. The van der Waals surface area contributed by atoms with E-state index in [-0.39, 0.29) is 17.8 Å². The number of aromatic nitrogens is 1. The van der Waals surface area contributed by atoms with E-state index in [1.54, 1.807) is 0 Å². The minimum atomic E-state index is -0.727. The Bertz CT molecular complexity index is 477. The van der Waals surface area contributed by atoms with Gasteiger partial charge in [0.2, 0.25) is 5.91 Å². The van der Waals surface area contributed by atoms with Crippen LogP contribution in [0.3, 0.4) is 0 Å². The molecular formula is C8H9N3O4. The van der Waals surface area contributed by atoms with Crippen molar-refractivity contribution >= 4 is 11.6 Å². The van der Waals surface area contributed by atoms with Crippen LogP contribution in [0.25, 0.3) is 0 Å². The second-order valence-electron chi connectivity index (χ2n) is 3.03. The van der Waals surface area contributed by atoms with E-state index >= 15 is 0 Å². The van der Waals surface area contributed by atoms with Crippen molar-refractivity contribution in [2.75, 3.05) is 0 Å². The van der Waals surface area contributed by atoms with Gasteiger partial charge in [-0.3, -0.25) is 24.3 Å². The number of carbonyl (C=O) groups excluding carboxylic acids is 1. The standard InChI is InChI=1S/C8H9N3O4/c1-5-2-8(13)10(4-7(9)12)3-6(5)11(14)15/h2-3H,4H2,1H3,(H2,9,12). The summed E-state index contributed by atoms with van der Waals surface area (Å²) in [6.45, 7) is 1.09. The van der Waals surface area contributed by atoms with Crippen molar-refractivity contribution in [1.29, 1.82) is 0 Å². The number of hydrogen-bond acceptors (Lipinski definition) is 4. The van der Waals surface area contributed by atoms with E-state index in [9.17, 15) is 19.7 Å². The predicted molar refractivity (Wildman–Crippen MR) is 51.3 cm³/mol. The molecule has 0 saturated carbocycles. The van der Waals surface area contributed by atoms with E-state index in [1.807, 2.05) is 0 Å². The Balaban J connectivity index is 3.29. The molecule has 15 heavy (non-hydrogen) atoms. The number of carbonyl (C=O) groups is 1. The number of primary amides is 1. The molecule has 1 aromatic rings. The molecule has 80 valence electrons. The maximum atomic E-state index is 11.3. The van der Waals surface area contributed by atoms with Gasteiger partial charge in [-0.1, -0.05) is 0 Å². The van der Waals surface area contributed by atoms with Gasteiger partial charge in [0, 0.05) is 11.6 Å². The molecule has 1 amide bonds. The van der Waals surface area contributed by atoms with Gasteiger partial charge >= 0.3 is 0 Å². The van der Waals surface area contributed by atoms with Crippen LogP contribution in [0.15, 0.2) is 17.1 Å². The van der Waals surface area contributed by atoms with Crippen LogP contribution in [-0.4, -0.2) is 15.4 Å². The highest BCUT2D eigenvalue weighted by molar-refractivity contribution is 5.73. The number of nitro groups is 1. The number of rotatable bonds is 3. The van der Waals surface area contributed by atoms with Gasteiger partial charge < -0.3 is 5.73 Å². The Labute approximate surface area is 84.3 Å². The van der Waals surface area contributed by atoms with Gasteiger partial charge in [-0.2, -0.15) is 0 Å². The first kappa shape index (κ1) is 10.9. The summed E-state index contributed by atoms with van der Waals surface area (Å²) in [7, 11) is 0. The Morgan fingerprint density at radius 3 is 2.73 bits per heavy atom. The lowest BCUT2D eigenvalue weighted by Crippen LogP contribution is -2.27. The smallest absolute Gasteiger partial charge is 0.288 e. The molecule has 7 nitrogen and oxygen atoms in total. The van der Waals surface area contributed by atoms with Crippen molar-refractivity contribution in [3.8, 4) is 0 Å². The highest BCUT2D eigenvalue weighted by Gasteiger charge is 2.13. The first-order chi connectivity index (χ1) is 6.91. The summed E-state index contributed by atoms with van der Waals surface area (Å²) in [5, 5.41) is 10.5. The second kappa shape index (κ2) is 3.91. The normalized spacial score (nSPS) is 9.93. The van der Waals surface area contributed by atoms with Crippen molar-refractivity contribution < 1.29 is 9.72 Å². The number of amides is 1. The van der Waals surface area contributed by atoms with Crippen LogP contribution in [0, 0.1) is 17.0 Å². The van der Waals surface area contributed by atoms with Crippen LogP contribution in [0.4, 0.5) is 5.69 Å². The highest BCUT2D eigenvalue weighted by atomic mass is 16.6. The Morgan fingerprint density at radius 1 is 1.67 bits per heavy atom. The fourth-order valence-corrected chi connectivity index (χ4v) is 1.14. The van der Waals surface area contributed by atoms with E-state index in [0.717, 1.165) is 16.8 Å². The first-order valence-electron chi connectivity index (χ1n) is 4.05. The molecule has 0 radical (unpaired) electrons. The molecule has 0 aromatic carbocycles. The molecule has 0 unspecified atom stereocenters. The van der Waals surface area contributed by atoms with E-state index in [4.69, 9.17) is 5.73 Å². The third-order valence-electron chi connectivity index (χ3n) is 1.83. The molecule has 7 heteroatoms. The van der Waals surface area contributed by atoms with Crippen LogP contribution < -0.4 is 11.3 Å². The van der Waals surface area contributed by atoms with Crippen molar-refractivity contribution in [3.63, 3.8) is 0 Å². The van der Waals surface area contributed by atoms with Crippen molar-refractivity contribution in [3.05, 3.63) is 38.3 Å². The van der Waals surface area contributed by atoms with E-state index in [1.165, 1.54) is 6.92 Å². The average Bonchev–Trinajstić information content (AvgIpc) is 2.08. The van der Waals surface area contributed by atoms with Gasteiger partial charge in [0.25, 0.3) is 11.2 Å². The zero-order chi connectivity index (χ0) is 11.6. The summed E-state index contributed by atoms with van der Waals surface area (Å²) >= 11 is 0. The number of hydrogen-bond donors (Lipinski definition) is 1. The number of nitrogens with zero attached hydrogens (tertiary/aromatic N) is 2. The van der Waals surface area contributed by atoms with Crippen LogP contribution in [-0.2, 0) is 11.3 Å². The minimum Gasteiger partial charge on any atom is -0.368 e. The van der Waals surface area contributed by atoms with E-state index in [0.29, 0.717) is 0 Å². The van der Waals surface area contributed by atoms with Gasteiger partial charge in [0.1, 0.15) is 6.54 Å². The molecule has 0 aliphatic carbocycles. The van der Waals surface area contributed by atoms with Gasteiger partial charge in [-0.15, -0.1) is 0 Å². The third kappa shape index (κ3) is 2.39. The molecule has 0 spiro atoms. The second-order valence-corrected chi connectivity index (χ2v) is 3.03. The Hall–Kier alpha value is -2.18. The quantitative estimate of drug-likeness (QED) is 0.539. The summed E-state index contributed by atoms with van der Waals surface area (Å²) in [4.78, 5) is 31.8. The molecule has 0 aliphatic heterocycles. The van der Waals surface area contributed by atoms with Gasteiger partial charge in [0.15, 0.2) is 0 Å². The number of pyridine rings is 1. The molecule has 2 N–H and O–H groups in total.